The average molecular weight is 357 g/mol. The number of aromatic nitrogens is 2. The second-order valence-corrected chi connectivity index (χ2v) is 6.06. The minimum atomic E-state index is -0.299. The highest BCUT2D eigenvalue weighted by Crippen LogP contribution is 2.26. The van der Waals surface area contributed by atoms with Crippen LogP contribution in [0, 0.1) is 0 Å². The van der Waals surface area contributed by atoms with Crippen molar-refractivity contribution in [3.05, 3.63) is 36.2 Å². The van der Waals surface area contributed by atoms with Crippen LogP contribution in [0.15, 0.2) is 30.6 Å². The molecule has 0 radical (unpaired) electrons. The second-order valence-electron chi connectivity index (χ2n) is 6.06. The van der Waals surface area contributed by atoms with Gasteiger partial charge >= 0.3 is 0 Å². The number of methoxy groups -OCH3 is 1. The number of nitrogens with one attached hydrogen (secondary N) is 2. The van der Waals surface area contributed by atoms with E-state index in [4.69, 9.17) is 10.5 Å². The number of piperazine rings is 1. The summed E-state index contributed by atoms with van der Waals surface area (Å²) in [5.41, 5.74) is 12.5. The van der Waals surface area contributed by atoms with E-state index in [1.54, 1.807) is 31.4 Å². The first-order valence-corrected chi connectivity index (χ1v) is 8.33. The molecule has 2 aromatic rings. The molecule has 4 N–H and O–H groups in total. The van der Waals surface area contributed by atoms with Gasteiger partial charge in [0.2, 0.25) is 0 Å². The molecule has 1 aliphatic rings. The minimum absolute atomic E-state index is 0.299. The van der Waals surface area contributed by atoms with Gasteiger partial charge in [-0.1, -0.05) is 0 Å². The molecule has 0 atom stereocenters. The molecule has 9 heteroatoms. The fourth-order valence-corrected chi connectivity index (χ4v) is 2.69. The van der Waals surface area contributed by atoms with Gasteiger partial charge in [-0.3, -0.25) is 15.6 Å². The van der Waals surface area contributed by atoms with Gasteiger partial charge in [0.05, 0.1) is 7.11 Å². The summed E-state index contributed by atoms with van der Waals surface area (Å²) in [7, 11) is 3.66. The Morgan fingerprint density at radius 3 is 2.50 bits per heavy atom. The third-order valence-corrected chi connectivity index (χ3v) is 4.31. The molecule has 1 amide bonds. The number of likely N-dealkylation sites (N-methyl/N-ethyl adjacent to an activating group) is 1. The Hall–Kier alpha value is -3.07. The van der Waals surface area contributed by atoms with Crippen LogP contribution >= 0.6 is 0 Å². The first-order chi connectivity index (χ1) is 12.6. The molecule has 138 valence electrons. The summed E-state index contributed by atoms with van der Waals surface area (Å²) < 4.78 is 5.08. The number of carbonyl (C=O) groups excluding carboxylic acids is 1. The Morgan fingerprint density at radius 2 is 1.85 bits per heavy atom. The van der Waals surface area contributed by atoms with Gasteiger partial charge in [-0.15, -0.1) is 0 Å². The number of rotatable bonds is 5. The van der Waals surface area contributed by atoms with Gasteiger partial charge in [-0.05, 0) is 31.3 Å². The molecular weight excluding hydrogens is 334 g/mol. The molecular formula is C17H23N7O2. The number of amides is 1. The first kappa shape index (κ1) is 17.7. The van der Waals surface area contributed by atoms with Crippen molar-refractivity contribution in [2.24, 2.45) is 0 Å². The maximum Gasteiger partial charge on any atom is 0.269 e. The number of anilines is 3. The van der Waals surface area contributed by atoms with Gasteiger partial charge in [0.25, 0.3) is 5.91 Å². The number of nitrogen functional groups attached to an aromatic ring is 1. The van der Waals surface area contributed by atoms with Crippen LogP contribution in [-0.2, 0) is 0 Å². The minimum Gasteiger partial charge on any atom is -0.497 e. The van der Waals surface area contributed by atoms with Gasteiger partial charge in [-0.2, -0.15) is 0 Å². The molecule has 1 aromatic heterocycles. The molecule has 0 spiro atoms. The largest absolute Gasteiger partial charge is 0.497 e. The zero-order chi connectivity index (χ0) is 18.5. The standard InChI is InChI=1S/C17H23N7O2/c1-23-7-9-24(10-8-23)16-14(18)15(19-11-20-16)21-22-17(25)12-3-5-13(26-2)6-4-12/h3-6,11H,7-10,18H2,1-2H3,(H,22,25)(H,19,20,21). The molecule has 9 nitrogen and oxygen atoms in total. The van der Waals surface area contributed by atoms with Crippen molar-refractivity contribution >= 4 is 23.2 Å². The zero-order valence-corrected chi connectivity index (χ0v) is 14.9. The lowest BCUT2D eigenvalue weighted by Gasteiger charge is -2.33. The smallest absolute Gasteiger partial charge is 0.269 e. The monoisotopic (exact) mass is 357 g/mol. The third-order valence-electron chi connectivity index (χ3n) is 4.31. The fraction of sp³-hybridized carbons (Fsp3) is 0.353. The number of hydrogen-bond donors (Lipinski definition) is 3. The highest BCUT2D eigenvalue weighted by molar-refractivity contribution is 5.95. The Bertz CT molecular complexity index is 758. The summed E-state index contributed by atoms with van der Waals surface area (Å²) >= 11 is 0. The Labute approximate surface area is 152 Å². The van der Waals surface area contributed by atoms with E-state index in [2.05, 4.69) is 37.7 Å². The summed E-state index contributed by atoms with van der Waals surface area (Å²) in [6.45, 7) is 3.57. The summed E-state index contributed by atoms with van der Waals surface area (Å²) in [6.07, 6.45) is 1.44. The van der Waals surface area contributed by atoms with Gasteiger partial charge < -0.3 is 20.3 Å². The van der Waals surface area contributed by atoms with E-state index in [9.17, 15) is 4.79 Å². The second kappa shape index (κ2) is 7.87. The maximum absolute atomic E-state index is 12.2. The predicted octanol–water partition coefficient (Wildman–Crippen LogP) is 0.576. The first-order valence-electron chi connectivity index (χ1n) is 8.33. The van der Waals surface area contributed by atoms with Crippen LogP contribution in [0.2, 0.25) is 0 Å². The van der Waals surface area contributed by atoms with E-state index in [0.717, 1.165) is 26.2 Å². The van der Waals surface area contributed by atoms with E-state index in [0.29, 0.717) is 28.6 Å². The van der Waals surface area contributed by atoms with Gasteiger partial charge in [-0.25, -0.2) is 9.97 Å². The highest BCUT2D eigenvalue weighted by atomic mass is 16.5. The summed E-state index contributed by atoms with van der Waals surface area (Å²) in [5.74, 6) is 1.43. The van der Waals surface area contributed by atoms with E-state index < -0.39 is 0 Å². The Kier molecular flexibility index (Phi) is 5.37. The van der Waals surface area contributed by atoms with Crippen LogP contribution in [0.25, 0.3) is 0 Å². The van der Waals surface area contributed by atoms with E-state index in [1.165, 1.54) is 6.33 Å². The van der Waals surface area contributed by atoms with Crippen LogP contribution in [-0.4, -0.2) is 61.1 Å². The summed E-state index contributed by atoms with van der Waals surface area (Å²) in [5, 5.41) is 0. The predicted molar refractivity (Wildman–Crippen MR) is 100 cm³/mol. The SMILES string of the molecule is COc1ccc(C(=O)NNc2ncnc(N3CCN(C)CC3)c2N)cc1. The number of hydrogen-bond acceptors (Lipinski definition) is 8. The summed E-state index contributed by atoms with van der Waals surface area (Å²) in [4.78, 5) is 25.0. The average Bonchev–Trinajstić information content (AvgIpc) is 2.68. The van der Waals surface area contributed by atoms with Crippen molar-refractivity contribution in [1.29, 1.82) is 0 Å². The van der Waals surface area contributed by atoms with Crippen LogP contribution in [0.3, 0.4) is 0 Å². The van der Waals surface area contributed by atoms with Crippen LogP contribution < -0.4 is 26.2 Å². The molecule has 0 saturated carbocycles. The molecule has 1 fully saturated rings. The zero-order valence-electron chi connectivity index (χ0n) is 14.9. The lowest BCUT2D eigenvalue weighted by Crippen LogP contribution is -2.45. The number of nitrogens with zero attached hydrogens (tertiary/aromatic N) is 4. The van der Waals surface area contributed by atoms with Gasteiger partial charge in [0, 0.05) is 31.7 Å². The molecule has 0 bridgehead atoms. The number of benzene rings is 1. The van der Waals surface area contributed by atoms with Crippen LogP contribution in [0.4, 0.5) is 17.3 Å². The molecule has 2 heterocycles. The summed E-state index contributed by atoms with van der Waals surface area (Å²) in [6, 6.07) is 6.79. The fourth-order valence-electron chi connectivity index (χ4n) is 2.69. The topological polar surface area (TPSA) is 109 Å². The van der Waals surface area contributed by atoms with Gasteiger partial charge in [0.15, 0.2) is 11.6 Å². The van der Waals surface area contributed by atoms with Crippen LogP contribution in [0.1, 0.15) is 10.4 Å². The lowest BCUT2D eigenvalue weighted by atomic mass is 10.2. The van der Waals surface area contributed by atoms with E-state index >= 15 is 0 Å². The lowest BCUT2D eigenvalue weighted by molar-refractivity contribution is 0.0962. The van der Waals surface area contributed by atoms with Crippen LogP contribution in [0.5, 0.6) is 5.75 Å². The Balaban J connectivity index is 1.66. The molecule has 0 unspecified atom stereocenters. The van der Waals surface area contributed by atoms with Gasteiger partial charge in [0.1, 0.15) is 17.8 Å². The molecule has 3 rings (SSSR count). The van der Waals surface area contributed by atoms with E-state index in [-0.39, 0.29) is 5.91 Å². The highest BCUT2D eigenvalue weighted by Gasteiger charge is 2.19. The van der Waals surface area contributed by atoms with E-state index in [1.807, 2.05) is 0 Å². The quantitative estimate of drug-likeness (QED) is 0.667. The van der Waals surface area contributed by atoms with Crippen molar-refractivity contribution in [1.82, 2.24) is 20.3 Å². The molecule has 1 aliphatic heterocycles. The number of nitrogens with two attached hydrogens (primary N) is 1. The van der Waals surface area contributed by atoms with Crippen molar-refractivity contribution in [3.63, 3.8) is 0 Å². The number of hydrazine groups is 1. The van der Waals surface area contributed by atoms with Crippen molar-refractivity contribution in [2.45, 2.75) is 0 Å². The normalized spacial score (nSPS) is 14.8. The third kappa shape index (κ3) is 3.94. The molecule has 0 aliphatic carbocycles. The maximum atomic E-state index is 12.2. The van der Waals surface area contributed by atoms with Crippen molar-refractivity contribution < 1.29 is 9.53 Å². The Morgan fingerprint density at radius 1 is 1.15 bits per heavy atom. The van der Waals surface area contributed by atoms with Crippen molar-refractivity contribution in [3.8, 4) is 5.75 Å². The number of carbonyl (C=O) groups is 1. The molecule has 1 saturated heterocycles. The molecule has 26 heavy (non-hydrogen) atoms. The molecule has 1 aromatic carbocycles. The number of ether oxygens (including phenoxy) is 1. The van der Waals surface area contributed by atoms with Crippen molar-refractivity contribution in [2.75, 3.05) is 56.4 Å².